The maximum atomic E-state index is 13.6. The molecule has 2 N–H and O–H groups in total. The number of benzene rings is 1. The molecule has 1 fully saturated rings. The van der Waals surface area contributed by atoms with Gasteiger partial charge in [0, 0.05) is 61.5 Å². The van der Waals surface area contributed by atoms with Gasteiger partial charge in [-0.1, -0.05) is 12.8 Å². The Morgan fingerprint density at radius 1 is 1.28 bits per heavy atom. The van der Waals surface area contributed by atoms with Crippen LogP contribution < -0.4 is 5.32 Å². The summed E-state index contributed by atoms with van der Waals surface area (Å²) in [6.07, 6.45) is 8.43. The van der Waals surface area contributed by atoms with Gasteiger partial charge in [-0.15, -0.1) is 0 Å². The van der Waals surface area contributed by atoms with Gasteiger partial charge in [-0.2, -0.15) is 5.10 Å². The third kappa shape index (κ3) is 3.89. The van der Waals surface area contributed by atoms with E-state index in [9.17, 15) is 14.0 Å². The first kappa shape index (κ1) is 20.7. The number of hydrogen-bond donors (Lipinski definition) is 2. The molecule has 0 radical (unpaired) electrons. The van der Waals surface area contributed by atoms with Crippen LogP contribution in [0.1, 0.15) is 48.4 Å². The Morgan fingerprint density at radius 2 is 2.09 bits per heavy atom. The number of hydrogen-bond acceptors (Lipinski definition) is 3. The lowest BCUT2D eigenvalue weighted by Gasteiger charge is -2.33. The minimum Gasteiger partial charge on any atom is -0.361 e. The average Bonchev–Trinajstić information content (AvgIpc) is 3.51. The second kappa shape index (κ2) is 8.41. The predicted molar refractivity (Wildman–Crippen MR) is 118 cm³/mol. The number of H-pyrrole nitrogens is 1. The number of amides is 2. The monoisotopic (exact) mass is 437 g/mol. The Hall–Kier alpha value is -3.16. The van der Waals surface area contributed by atoms with Gasteiger partial charge in [0.05, 0.1) is 11.6 Å². The van der Waals surface area contributed by atoms with E-state index in [0.717, 1.165) is 53.4 Å². The van der Waals surface area contributed by atoms with Crippen molar-refractivity contribution in [2.45, 2.75) is 44.6 Å². The third-order valence-electron chi connectivity index (χ3n) is 6.79. The van der Waals surface area contributed by atoms with E-state index in [0.29, 0.717) is 26.1 Å². The number of aromatic amines is 1. The lowest BCUT2D eigenvalue weighted by molar-refractivity contribution is -0.137. The van der Waals surface area contributed by atoms with Crippen molar-refractivity contribution >= 4 is 22.7 Å². The van der Waals surface area contributed by atoms with Gasteiger partial charge in [-0.25, -0.2) is 4.39 Å². The molecular weight excluding hydrogens is 409 g/mol. The summed E-state index contributed by atoms with van der Waals surface area (Å²) in [4.78, 5) is 31.2. The van der Waals surface area contributed by atoms with E-state index in [1.165, 1.54) is 12.1 Å². The molecule has 2 amide bonds. The Bertz CT molecular complexity index is 1160. The van der Waals surface area contributed by atoms with Gasteiger partial charge in [-0.05, 0) is 43.0 Å². The minimum atomic E-state index is -0.481. The fourth-order valence-electron chi connectivity index (χ4n) is 5.15. The first-order valence-electron chi connectivity index (χ1n) is 11.3. The van der Waals surface area contributed by atoms with E-state index < -0.39 is 5.92 Å². The molecule has 0 bridgehead atoms. The Kier molecular flexibility index (Phi) is 5.45. The normalized spacial score (nSPS) is 18.8. The molecule has 1 aliphatic carbocycles. The van der Waals surface area contributed by atoms with Crippen LogP contribution in [0.3, 0.4) is 0 Å². The lowest BCUT2D eigenvalue weighted by Crippen LogP contribution is -2.45. The van der Waals surface area contributed by atoms with Gasteiger partial charge in [0.2, 0.25) is 11.8 Å². The molecule has 3 aromatic rings. The highest BCUT2D eigenvalue weighted by molar-refractivity contribution is 5.87. The highest BCUT2D eigenvalue weighted by atomic mass is 19.1. The van der Waals surface area contributed by atoms with Gasteiger partial charge in [0.25, 0.3) is 0 Å². The SMILES string of the molecule is Cn1cc2c(n1)[C@H](C(=O)NCCc1c[nH]c3ccc(F)cc13)CN(C(=O)C1CCCC1)C2. The number of carbonyl (C=O) groups is 2. The standard InChI is InChI=1S/C24H28FN5O2/c1-29-12-17-13-30(24(32)15-4-2-3-5-15)14-20(22(17)28-29)23(31)26-9-8-16-11-27-21-7-6-18(25)10-19(16)21/h6-7,10-12,15,20,27H,2-5,8-9,13-14H2,1H3,(H,26,31)/t20-/m1/s1. The molecule has 1 aliphatic heterocycles. The van der Waals surface area contributed by atoms with Crippen molar-refractivity contribution in [2.24, 2.45) is 13.0 Å². The van der Waals surface area contributed by atoms with Crippen LogP contribution in [0.4, 0.5) is 4.39 Å². The quantitative estimate of drug-likeness (QED) is 0.644. The van der Waals surface area contributed by atoms with Crippen LogP contribution in [-0.2, 0) is 29.6 Å². The molecule has 1 saturated carbocycles. The summed E-state index contributed by atoms with van der Waals surface area (Å²) in [5.74, 6) is -0.639. The summed E-state index contributed by atoms with van der Waals surface area (Å²) < 4.78 is 15.3. The lowest BCUT2D eigenvalue weighted by atomic mass is 9.94. The van der Waals surface area contributed by atoms with E-state index in [2.05, 4.69) is 15.4 Å². The number of halogens is 1. The summed E-state index contributed by atoms with van der Waals surface area (Å²) in [5, 5.41) is 8.37. The Balaban J connectivity index is 1.28. The number of rotatable bonds is 5. The first-order chi connectivity index (χ1) is 15.5. The molecule has 0 spiro atoms. The van der Waals surface area contributed by atoms with E-state index in [1.54, 1.807) is 10.7 Å². The van der Waals surface area contributed by atoms with Crippen molar-refractivity contribution in [2.75, 3.05) is 13.1 Å². The van der Waals surface area contributed by atoms with Crippen LogP contribution >= 0.6 is 0 Å². The van der Waals surface area contributed by atoms with Crippen LogP contribution in [0.25, 0.3) is 10.9 Å². The van der Waals surface area contributed by atoms with Crippen molar-refractivity contribution in [3.63, 3.8) is 0 Å². The van der Waals surface area contributed by atoms with Gasteiger partial charge < -0.3 is 15.2 Å². The zero-order valence-electron chi connectivity index (χ0n) is 18.2. The van der Waals surface area contributed by atoms with Crippen LogP contribution in [-0.4, -0.2) is 44.6 Å². The molecule has 0 saturated heterocycles. The topological polar surface area (TPSA) is 83.0 Å². The second-order valence-corrected chi connectivity index (χ2v) is 9.01. The van der Waals surface area contributed by atoms with Crippen molar-refractivity contribution in [3.8, 4) is 0 Å². The minimum absolute atomic E-state index is 0.0826. The van der Waals surface area contributed by atoms with E-state index in [-0.39, 0.29) is 23.5 Å². The molecular formula is C24H28FN5O2. The second-order valence-electron chi connectivity index (χ2n) is 9.01. The van der Waals surface area contributed by atoms with Crippen molar-refractivity contribution < 1.29 is 14.0 Å². The molecule has 2 aromatic heterocycles. The summed E-state index contributed by atoms with van der Waals surface area (Å²) in [7, 11) is 1.84. The number of nitrogens with zero attached hydrogens (tertiary/aromatic N) is 3. The van der Waals surface area contributed by atoms with Crippen LogP contribution in [0.2, 0.25) is 0 Å². The smallest absolute Gasteiger partial charge is 0.231 e. The molecule has 1 aromatic carbocycles. The maximum absolute atomic E-state index is 13.6. The maximum Gasteiger partial charge on any atom is 0.231 e. The molecule has 0 unspecified atom stereocenters. The Morgan fingerprint density at radius 3 is 2.91 bits per heavy atom. The number of aromatic nitrogens is 3. The highest BCUT2D eigenvalue weighted by Gasteiger charge is 2.37. The van der Waals surface area contributed by atoms with Crippen molar-refractivity contribution in [3.05, 3.63) is 53.2 Å². The van der Waals surface area contributed by atoms with Crippen molar-refractivity contribution in [1.82, 2.24) is 25.0 Å². The van der Waals surface area contributed by atoms with Gasteiger partial charge >= 0.3 is 0 Å². The first-order valence-corrected chi connectivity index (χ1v) is 11.3. The summed E-state index contributed by atoms with van der Waals surface area (Å²) in [6, 6.07) is 4.65. The summed E-state index contributed by atoms with van der Waals surface area (Å²) in [5.41, 5.74) is 3.53. The Labute approximate surface area is 186 Å². The van der Waals surface area contributed by atoms with E-state index in [4.69, 9.17) is 0 Å². The zero-order chi connectivity index (χ0) is 22.2. The van der Waals surface area contributed by atoms with Gasteiger partial charge in [0.1, 0.15) is 5.82 Å². The number of aryl methyl sites for hydroxylation is 1. The predicted octanol–water partition coefficient (Wildman–Crippen LogP) is 3.02. The van der Waals surface area contributed by atoms with Crippen LogP contribution in [0.5, 0.6) is 0 Å². The molecule has 2 aliphatic rings. The number of nitrogens with one attached hydrogen (secondary N) is 2. The molecule has 32 heavy (non-hydrogen) atoms. The fraction of sp³-hybridized carbons (Fsp3) is 0.458. The van der Waals surface area contributed by atoms with Crippen LogP contribution in [0, 0.1) is 11.7 Å². The van der Waals surface area contributed by atoms with Crippen LogP contribution in [0.15, 0.2) is 30.6 Å². The third-order valence-corrected chi connectivity index (χ3v) is 6.79. The molecule has 5 rings (SSSR count). The average molecular weight is 438 g/mol. The van der Waals surface area contributed by atoms with Gasteiger partial charge in [0.15, 0.2) is 0 Å². The molecule has 168 valence electrons. The van der Waals surface area contributed by atoms with Gasteiger partial charge in [-0.3, -0.25) is 14.3 Å². The van der Waals surface area contributed by atoms with Crippen molar-refractivity contribution in [1.29, 1.82) is 0 Å². The van der Waals surface area contributed by atoms with E-state index in [1.807, 2.05) is 24.3 Å². The molecule has 1 atom stereocenters. The summed E-state index contributed by atoms with van der Waals surface area (Å²) in [6.45, 7) is 1.31. The molecule has 3 heterocycles. The summed E-state index contributed by atoms with van der Waals surface area (Å²) >= 11 is 0. The number of carbonyl (C=O) groups excluding carboxylic acids is 2. The molecule has 8 heteroatoms. The molecule has 7 nitrogen and oxygen atoms in total. The zero-order valence-corrected chi connectivity index (χ0v) is 18.2. The fourth-order valence-corrected chi connectivity index (χ4v) is 5.15. The highest BCUT2D eigenvalue weighted by Crippen LogP contribution is 2.32. The van der Waals surface area contributed by atoms with E-state index >= 15 is 0 Å². The number of fused-ring (bicyclic) bond motifs is 2. The largest absolute Gasteiger partial charge is 0.361 e.